The standard InChI is InChI=1S/C16H11ClF3N5OS/c1-7-14(9-4-10(9)21-2)25-13(26)3-8(22-15(25)27-7)6-24-12(17)5-11(23-24)16(18,19)20/h3,5,9-10H,4,6H2,1H3/t9-,10+/m1/s1. The maximum Gasteiger partial charge on any atom is 0.435 e. The molecule has 0 amide bonds. The van der Waals surface area contributed by atoms with Gasteiger partial charge in [-0.2, -0.15) is 18.3 Å². The van der Waals surface area contributed by atoms with Crippen LogP contribution in [-0.2, 0) is 12.7 Å². The number of aromatic nitrogens is 4. The van der Waals surface area contributed by atoms with Crippen molar-refractivity contribution in [1.29, 1.82) is 0 Å². The van der Waals surface area contributed by atoms with Crippen molar-refractivity contribution in [1.82, 2.24) is 19.2 Å². The van der Waals surface area contributed by atoms with Crippen LogP contribution in [-0.4, -0.2) is 25.2 Å². The van der Waals surface area contributed by atoms with E-state index in [1.165, 1.54) is 21.8 Å². The van der Waals surface area contributed by atoms with Gasteiger partial charge >= 0.3 is 6.18 Å². The van der Waals surface area contributed by atoms with Crippen LogP contribution in [0, 0.1) is 13.5 Å². The van der Waals surface area contributed by atoms with Crippen LogP contribution in [0.5, 0.6) is 0 Å². The second-order valence-electron chi connectivity index (χ2n) is 6.29. The molecule has 4 rings (SSSR count). The Hall–Kier alpha value is -2.38. The molecule has 1 saturated carbocycles. The minimum atomic E-state index is -4.60. The van der Waals surface area contributed by atoms with E-state index in [2.05, 4.69) is 14.9 Å². The van der Waals surface area contributed by atoms with E-state index in [4.69, 9.17) is 18.2 Å². The molecule has 0 saturated heterocycles. The van der Waals surface area contributed by atoms with Crippen molar-refractivity contribution in [2.45, 2.75) is 38.0 Å². The molecule has 3 aromatic heterocycles. The maximum atomic E-state index is 12.8. The molecule has 0 aliphatic heterocycles. The van der Waals surface area contributed by atoms with Gasteiger partial charge in [-0.15, -0.1) is 11.3 Å². The lowest BCUT2D eigenvalue weighted by atomic mass is 10.2. The van der Waals surface area contributed by atoms with Gasteiger partial charge in [0.05, 0.1) is 23.9 Å². The van der Waals surface area contributed by atoms with E-state index in [1.54, 1.807) is 0 Å². The van der Waals surface area contributed by atoms with E-state index in [-0.39, 0.29) is 34.9 Å². The number of rotatable bonds is 3. The Balaban J connectivity index is 1.72. The zero-order valence-corrected chi connectivity index (χ0v) is 15.4. The minimum absolute atomic E-state index is 0.0245. The van der Waals surface area contributed by atoms with Crippen molar-refractivity contribution < 1.29 is 13.2 Å². The summed E-state index contributed by atoms with van der Waals surface area (Å²) in [6, 6.07) is 1.89. The number of hydrogen-bond donors (Lipinski definition) is 0. The zero-order chi connectivity index (χ0) is 19.5. The lowest BCUT2D eigenvalue weighted by molar-refractivity contribution is -0.141. The Kier molecular flexibility index (Phi) is 4.05. The molecule has 0 radical (unpaired) electrons. The van der Waals surface area contributed by atoms with Crippen molar-refractivity contribution in [3.63, 3.8) is 0 Å². The fourth-order valence-electron chi connectivity index (χ4n) is 3.07. The van der Waals surface area contributed by atoms with Gasteiger partial charge in [-0.3, -0.25) is 9.20 Å². The molecule has 27 heavy (non-hydrogen) atoms. The molecule has 6 nitrogen and oxygen atoms in total. The first kappa shape index (κ1) is 18.0. The van der Waals surface area contributed by atoms with Crippen LogP contribution in [0.4, 0.5) is 13.2 Å². The summed E-state index contributed by atoms with van der Waals surface area (Å²) in [6.07, 6.45) is -3.89. The highest BCUT2D eigenvalue weighted by Crippen LogP contribution is 2.46. The number of fused-ring (bicyclic) bond motifs is 1. The Morgan fingerprint density at radius 1 is 1.44 bits per heavy atom. The molecule has 2 atom stereocenters. The van der Waals surface area contributed by atoms with Gasteiger partial charge in [-0.25, -0.2) is 16.2 Å². The number of hydrogen-bond acceptors (Lipinski definition) is 4. The highest BCUT2D eigenvalue weighted by Gasteiger charge is 2.48. The molecule has 11 heteroatoms. The fourth-order valence-corrected chi connectivity index (χ4v) is 4.33. The van der Waals surface area contributed by atoms with Gasteiger partial charge in [0.1, 0.15) is 5.15 Å². The van der Waals surface area contributed by atoms with Crippen LogP contribution < -0.4 is 5.56 Å². The van der Waals surface area contributed by atoms with Crippen LogP contribution in [0.25, 0.3) is 9.81 Å². The summed E-state index contributed by atoms with van der Waals surface area (Å²) in [6.45, 7) is 8.85. The predicted octanol–water partition coefficient (Wildman–Crippen LogP) is 3.76. The monoisotopic (exact) mass is 413 g/mol. The van der Waals surface area contributed by atoms with Gasteiger partial charge in [0.25, 0.3) is 5.56 Å². The van der Waals surface area contributed by atoms with Crippen LogP contribution in [0.1, 0.15) is 34.3 Å². The van der Waals surface area contributed by atoms with E-state index >= 15 is 0 Å². The van der Waals surface area contributed by atoms with Crippen molar-refractivity contribution in [3.8, 4) is 0 Å². The molecule has 3 aromatic rings. The smallest absolute Gasteiger partial charge is 0.313 e. The van der Waals surface area contributed by atoms with Gasteiger partial charge in [0.15, 0.2) is 10.7 Å². The number of aryl methyl sites for hydroxylation is 1. The van der Waals surface area contributed by atoms with Crippen LogP contribution in [0.15, 0.2) is 16.9 Å². The third-order valence-corrected chi connectivity index (χ3v) is 5.67. The highest BCUT2D eigenvalue weighted by molar-refractivity contribution is 7.17. The molecule has 1 aliphatic carbocycles. The van der Waals surface area contributed by atoms with Gasteiger partial charge in [0.2, 0.25) is 6.04 Å². The number of alkyl halides is 3. The Bertz CT molecular complexity index is 1160. The SMILES string of the molecule is [C-]#[N+][C@H]1C[C@H]1c1c(C)sc2nc(Cn3nc(C(F)(F)F)cc3Cl)cc(=O)n12. The third kappa shape index (κ3) is 3.11. The summed E-state index contributed by atoms with van der Waals surface area (Å²) in [4.78, 5) is 21.9. The highest BCUT2D eigenvalue weighted by atomic mass is 35.5. The molecule has 0 bridgehead atoms. The van der Waals surface area contributed by atoms with Gasteiger partial charge < -0.3 is 4.85 Å². The van der Waals surface area contributed by atoms with E-state index in [0.717, 1.165) is 21.3 Å². The summed E-state index contributed by atoms with van der Waals surface area (Å²) in [5, 5.41) is 3.26. The first-order valence-corrected chi connectivity index (χ1v) is 9.07. The van der Waals surface area contributed by atoms with Gasteiger partial charge in [-0.1, -0.05) is 11.6 Å². The van der Waals surface area contributed by atoms with Crippen molar-refractivity contribution in [3.05, 3.63) is 61.0 Å². The molecule has 3 heterocycles. The quantitative estimate of drug-likeness (QED) is 0.614. The van der Waals surface area contributed by atoms with Gasteiger partial charge in [-0.05, 0) is 6.92 Å². The second-order valence-corrected chi connectivity index (χ2v) is 7.86. The number of thiazole rings is 1. The summed E-state index contributed by atoms with van der Waals surface area (Å²) in [7, 11) is 0. The Labute approximate surface area is 159 Å². The van der Waals surface area contributed by atoms with Gasteiger partial charge in [0, 0.05) is 23.4 Å². The van der Waals surface area contributed by atoms with Crippen molar-refractivity contribution in [2.75, 3.05) is 0 Å². The predicted molar refractivity (Wildman–Crippen MR) is 93.2 cm³/mol. The van der Waals surface area contributed by atoms with Crippen molar-refractivity contribution >= 4 is 27.9 Å². The average molecular weight is 414 g/mol. The molecule has 0 spiro atoms. The summed E-state index contributed by atoms with van der Waals surface area (Å²) >= 11 is 7.15. The third-order valence-electron chi connectivity index (χ3n) is 4.39. The normalized spacial score (nSPS) is 19.4. The van der Waals surface area contributed by atoms with Crippen LogP contribution >= 0.6 is 22.9 Å². The first-order valence-electron chi connectivity index (χ1n) is 7.88. The molecule has 0 N–H and O–H groups in total. The maximum absolute atomic E-state index is 12.8. The molecule has 0 aromatic carbocycles. The topological polar surface area (TPSA) is 56.5 Å². The lowest BCUT2D eigenvalue weighted by Crippen LogP contribution is -2.18. The molecule has 1 aliphatic rings. The molecular formula is C16H11ClF3N5OS. The van der Waals surface area contributed by atoms with E-state index in [9.17, 15) is 18.0 Å². The Morgan fingerprint density at radius 2 is 2.19 bits per heavy atom. The second kappa shape index (κ2) is 6.07. The summed E-state index contributed by atoms with van der Waals surface area (Å²) in [5.74, 6) is 0.0245. The molecule has 0 unspecified atom stereocenters. The van der Waals surface area contributed by atoms with E-state index in [0.29, 0.717) is 11.4 Å². The molecule has 140 valence electrons. The van der Waals surface area contributed by atoms with Crippen LogP contribution in [0.3, 0.4) is 0 Å². The van der Waals surface area contributed by atoms with E-state index in [1.807, 2.05) is 6.92 Å². The average Bonchev–Trinajstić information content (AvgIpc) is 3.13. The summed E-state index contributed by atoms with van der Waals surface area (Å²) < 4.78 is 40.7. The zero-order valence-electron chi connectivity index (χ0n) is 13.8. The largest absolute Gasteiger partial charge is 0.435 e. The summed E-state index contributed by atoms with van der Waals surface area (Å²) in [5.41, 5.74) is -0.358. The fraction of sp³-hybridized carbons (Fsp3) is 0.375. The minimum Gasteiger partial charge on any atom is -0.313 e. The first-order chi connectivity index (χ1) is 12.7. The van der Waals surface area contributed by atoms with Crippen LogP contribution in [0.2, 0.25) is 5.15 Å². The number of halogens is 4. The Morgan fingerprint density at radius 3 is 2.78 bits per heavy atom. The molecule has 1 fully saturated rings. The van der Waals surface area contributed by atoms with Crippen molar-refractivity contribution in [2.24, 2.45) is 0 Å². The number of nitrogens with zero attached hydrogens (tertiary/aromatic N) is 5. The lowest BCUT2D eigenvalue weighted by Gasteiger charge is -2.05. The van der Waals surface area contributed by atoms with E-state index < -0.39 is 11.9 Å². The molecular weight excluding hydrogens is 403 g/mol.